The predicted octanol–water partition coefficient (Wildman–Crippen LogP) is 2.45. The highest BCUT2D eigenvalue weighted by atomic mass is 32.2. The maximum Gasteiger partial charge on any atom is 0.330 e. The number of sulfonamides is 1. The highest BCUT2D eigenvalue weighted by Crippen LogP contribution is 2.26. The van der Waals surface area contributed by atoms with Gasteiger partial charge in [-0.15, -0.1) is 0 Å². The molecule has 0 aliphatic carbocycles. The van der Waals surface area contributed by atoms with Crippen LogP contribution in [0.25, 0.3) is 11.2 Å². The van der Waals surface area contributed by atoms with Crippen molar-refractivity contribution in [2.45, 2.75) is 38.1 Å². The third kappa shape index (κ3) is 3.62. The monoisotopic (exact) mass is 414 g/mol. The third-order valence-electron chi connectivity index (χ3n) is 5.75. The Balaban J connectivity index is 1.50. The molecular weight excluding hydrogens is 388 g/mol. The van der Waals surface area contributed by atoms with E-state index in [-0.39, 0.29) is 11.6 Å². The van der Waals surface area contributed by atoms with Crippen molar-refractivity contribution in [2.75, 3.05) is 13.1 Å². The van der Waals surface area contributed by atoms with Crippen LogP contribution in [-0.2, 0) is 23.6 Å². The topological polar surface area (TPSA) is 77.2 Å². The first kappa shape index (κ1) is 19.8. The fourth-order valence-corrected chi connectivity index (χ4v) is 5.88. The molecular formula is C21H26N4O3S. The summed E-state index contributed by atoms with van der Waals surface area (Å²) in [6, 6.07) is 9.15. The number of imidazole rings is 1. The van der Waals surface area contributed by atoms with Crippen molar-refractivity contribution >= 4 is 21.2 Å². The van der Waals surface area contributed by atoms with Crippen LogP contribution in [0, 0.1) is 19.8 Å². The summed E-state index contributed by atoms with van der Waals surface area (Å²) in [6.07, 6.45) is 3.14. The fraction of sp³-hybridized carbons (Fsp3) is 0.429. The molecule has 7 nitrogen and oxygen atoms in total. The first-order valence-corrected chi connectivity index (χ1v) is 11.3. The number of nitrogens with zero attached hydrogens (tertiary/aromatic N) is 4. The van der Waals surface area contributed by atoms with Gasteiger partial charge < -0.3 is 0 Å². The zero-order valence-corrected chi connectivity index (χ0v) is 17.8. The van der Waals surface area contributed by atoms with Gasteiger partial charge in [-0.05, 0) is 68.0 Å². The molecule has 0 N–H and O–H groups in total. The molecule has 0 unspecified atom stereocenters. The van der Waals surface area contributed by atoms with E-state index in [0.717, 1.165) is 29.5 Å². The van der Waals surface area contributed by atoms with Crippen molar-refractivity contribution in [1.82, 2.24) is 18.4 Å². The summed E-state index contributed by atoms with van der Waals surface area (Å²) in [4.78, 5) is 17.4. The van der Waals surface area contributed by atoms with Crippen LogP contribution in [0.4, 0.5) is 0 Å². The van der Waals surface area contributed by atoms with E-state index in [1.54, 1.807) is 38.8 Å². The Morgan fingerprint density at radius 2 is 1.76 bits per heavy atom. The Hall–Kier alpha value is -2.45. The quantitative estimate of drug-likeness (QED) is 0.657. The van der Waals surface area contributed by atoms with E-state index in [1.807, 2.05) is 32.0 Å². The SMILES string of the molecule is Cc1cc(C)cc(S(=O)(=O)N2CCC(Cn3c(=O)n(C)c4cccnc43)CC2)c1. The van der Waals surface area contributed by atoms with Crippen LogP contribution < -0.4 is 5.69 Å². The number of hydrogen-bond acceptors (Lipinski definition) is 4. The van der Waals surface area contributed by atoms with E-state index in [4.69, 9.17) is 0 Å². The van der Waals surface area contributed by atoms with E-state index in [9.17, 15) is 13.2 Å². The molecule has 3 heterocycles. The molecule has 29 heavy (non-hydrogen) atoms. The molecule has 0 spiro atoms. The summed E-state index contributed by atoms with van der Waals surface area (Å²) in [5.74, 6) is 0.242. The van der Waals surface area contributed by atoms with Gasteiger partial charge in [0.05, 0.1) is 10.4 Å². The minimum absolute atomic E-state index is 0.0796. The predicted molar refractivity (Wildman–Crippen MR) is 112 cm³/mol. The lowest BCUT2D eigenvalue weighted by Gasteiger charge is -2.31. The Morgan fingerprint density at radius 1 is 1.10 bits per heavy atom. The number of hydrogen-bond donors (Lipinski definition) is 0. The molecule has 1 aliphatic heterocycles. The van der Waals surface area contributed by atoms with Gasteiger partial charge in [0.2, 0.25) is 10.0 Å². The first-order chi connectivity index (χ1) is 13.8. The summed E-state index contributed by atoms with van der Waals surface area (Å²) >= 11 is 0. The summed E-state index contributed by atoms with van der Waals surface area (Å²) in [6.45, 7) is 5.31. The summed E-state index contributed by atoms with van der Waals surface area (Å²) < 4.78 is 31.0. The van der Waals surface area contributed by atoms with Crippen molar-refractivity contribution in [2.24, 2.45) is 13.0 Å². The van der Waals surface area contributed by atoms with Gasteiger partial charge in [-0.3, -0.25) is 9.13 Å². The van der Waals surface area contributed by atoms with Crippen LogP contribution in [-0.4, -0.2) is 39.9 Å². The summed E-state index contributed by atoms with van der Waals surface area (Å²) in [5, 5.41) is 0. The zero-order chi connectivity index (χ0) is 20.8. The molecule has 3 aromatic rings. The van der Waals surface area contributed by atoms with Crippen molar-refractivity contribution < 1.29 is 8.42 Å². The number of aryl methyl sites for hydroxylation is 3. The molecule has 1 aromatic carbocycles. The van der Waals surface area contributed by atoms with Crippen molar-refractivity contribution in [3.8, 4) is 0 Å². The van der Waals surface area contributed by atoms with Crippen molar-refractivity contribution in [1.29, 1.82) is 0 Å². The van der Waals surface area contributed by atoms with Gasteiger partial charge in [-0.1, -0.05) is 6.07 Å². The number of benzene rings is 1. The maximum atomic E-state index is 13.0. The van der Waals surface area contributed by atoms with Gasteiger partial charge in [-0.25, -0.2) is 18.2 Å². The maximum absolute atomic E-state index is 13.0. The standard InChI is InChI=1S/C21H26N4O3S/c1-15-11-16(2)13-18(12-15)29(27,28)24-9-6-17(7-10-24)14-25-20-19(5-4-8-22-20)23(3)21(25)26/h4-5,8,11-13,17H,6-7,9-10,14H2,1-3H3. The first-order valence-electron chi connectivity index (χ1n) is 9.86. The number of aromatic nitrogens is 3. The normalized spacial score (nSPS) is 16.5. The van der Waals surface area contributed by atoms with Gasteiger partial charge in [0.1, 0.15) is 0 Å². The van der Waals surface area contributed by atoms with Crippen molar-refractivity contribution in [3.05, 3.63) is 58.1 Å². The minimum Gasteiger partial charge on any atom is -0.293 e. The highest BCUT2D eigenvalue weighted by Gasteiger charge is 2.30. The lowest BCUT2D eigenvalue weighted by atomic mass is 9.98. The molecule has 1 fully saturated rings. The van der Waals surface area contributed by atoms with E-state index in [1.165, 1.54) is 0 Å². The lowest BCUT2D eigenvalue weighted by molar-refractivity contribution is 0.252. The average molecular weight is 415 g/mol. The van der Waals surface area contributed by atoms with Crippen LogP contribution in [0.3, 0.4) is 0 Å². The highest BCUT2D eigenvalue weighted by molar-refractivity contribution is 7.89. The molecule has 0 amide bonds. The molecule has 2 aromatic heterocycles. The Kier molecular flexibility index (Phi) is 5.08. The molecule has 0 radical (unpaired) electrons. The molecule has 1 aliphatic rings. The van der Waals surface area contributed by atoms with E-state index >= 15 is 0 Å². The Labute approximate surface area is 170 Å². The smallest absolute Gasteiger partial charge is 0.293 e. The zero-order valence-electron chi connectivity index (χ0n) is 17.0. The third-order valence-corrected chi connectivity index (χ3v) is 7.62. The van der Waals surface area contributed by atoms with Gasteiger partial charge in [-0.2, -0.15) is 4.31 Å². The van der Waals surface area contributed by atoms with Crippen LogP contribution in [0.5, 0.6) is 0 Å². The van der Waals surface area contributed by atoms with Crippen LogP contribution in [0.2, 0.25) is 0 Å². The molecule has 0 bridgehead atoms. The van der Waals surface area contributed by atoms with Crippen LogP contribution >= 0.6 is 0 Å². The number of piperidine rings is 1. The summed E-state index contributed by atoms with van der Waals surface area (Å²) in [5.41, 5.74) is 3.31. The second-order valence-electron chi connectivity index (χ2n) is 7.97. The van der Waals surface area contributed by atoms with Gasteiger partial charge >= 0.3 is 5.69 Å². The Bertz CT molecular complexity index is 1200. The number of rotatable bonds is 4. The molecule has 1 saturated heterocycles. The Morgan fingerprint density at radius 3 is 2.41 bits per heavy atom. The average Bonchev–Trinajstić information content (AvgIpc) is 2.93. The molecule has 154 valence electrons. The molecule has 8 heteroatoms. The molecule has 0 atom stereocenters. The fourth-order valence-electron chi connectivity index (χ4n) is 4.22. The van der Waals surface area contributed by atoms with Crippen molar-refractivity contribution in [3.63, 3.8) is 0 Å². The van der Waals surface area contributed by atoms with Crippen LogP contribution in [0.15, 0.2) is 46.2 Å². The van der Waals surface area contributed by atoms with Gasteiger partial charge in [0.15, 0.2) is 5.65 Å². The molecule has 0 saturated carbocycles. The lowest BCUT2D eigenvalue weighted by Crippen LogP contribution is -2.40. The van der Waals surface area contributed by atoms with Gasteiger partial charge in [0.25, 0.3) is 0 Å². The largest absolute Gasteiger partial charge is 0.330 e. The number of fused-ring (bicyclic) bond motifs is 1. The van der Waals surface area contributed by atoms with Crippen LogP contribution in [0.1, 0.15) is 24.0 Å². The van der Waals surface area contributed by atoms with E-state index in [2.05, 4.69) is 4.98 Å². The summed E-state index contributed by atoms with van der Waals surface area (Å²) in [7, 11) is -1.74. The minimum atomic E-state index is -3.49. The number of pyridine rings is 1. The van der Waals surface area contributed by atoms with Gasteiger partial charge in [0, 0.05) is 32.9 Å². The second kappa shape index (κ2) is 7.42. The molecule has 4 rings (SSSR count). The van der Waals surface area contributed by atoms with E-state index in [0.29, 0.717) is 30.2 Å². The van der Waals surface area contributed by atoms with E-state index < -0.39 is 10.0 Å². The second-order valence-corrected chi connectivity index (χ2v) is 9.91.